The molecular formula is C17H32N4. The zero-order chi connectivity index (χ0) is 16.0. The highest BCUT2D eigenvalue weighted by Crippen LogP contribution is 2.28. The summed E-state index contributed by atoms with van der Waals surface area (Å²) in [6.07, 6.45) is 3.52. The molecular weight excluding hydrogens is 260 g/mol. The molecule has 0 saturated carbocycles. The maximum absolute atomic E-state index is 4.88. The quantitative estimate of drug-likeness (QED) is 0.773. The Bertz CT molecular complexity index is 443. The first-order valence-corrected chi connectivity index (χ1v) is 8.29. The van der Waals surface area contributed by atoms with Crippen molar-refractivity contribution in [2.45, 2.75) is 72.8 Å². The smallest absolute Gasteiger partial charge is 0.137 e. The third kappa shape index (κ3) is 4.32. The van der Waals surface area contributed by atoms with Crippen LogP contribution < -0.4 is 10.2 Å². The summed E-state index contributed by atoms with van der Waals surface area (Å²) < 4.78 is 0. The summed E-state index contributed by atoms with van der Waals surface area (Å²) in [6, 6.07) is 0.495. The Morgan fingerprint density at radius 1 is 1.14 bits per heavy atom. The molecule has 4 heteroatoms. The Morgan fingerprint density at radius 2 is 1.81 bits per heavy atom. The largest absolute Gasteiger partial charge is 0.373 e. The van der Waals surface area contributed by atoms with Crippen LogP contribution in [0, 0.1) is 6.92 Å². The first kappa shape index (κ1) is 17.7. The second kappa shape index (κ2) is 8.20. The van der Waals surface area contributed by atoms with E-state index in [1.165, 1.54) is 12.8 Å². The van der Waals surface area contributed by atoms with Crippen LogP contribution in [0.4, 0.5) is 11.6 Å². The van der Waals surface area contributed by atoms with E-state index in [9.17, 15) is 0 Å². The predicted molar refractivity (Wildman–Crippen MR) is 92.4 cm³/mol. The highest BCUT2D eigenvalue weighted by molar-refractivity contribution is 5.59. The molecule has 0 aliphatic carbocycles. The van der Waals surface area contributed by atoms with Gasteiger partial charge in [-0.15, -0.1) is 0 Å². The van der Waals surface area contributed by atoms with Gasteiger partial charge in [-0.1, -0.05) is 34.1 Å². The monoisotopic (exact) mass is 292 g/mol. The molecule has 0 saturated heterocycles. The summed E-state index contributed by atoms with van der Waals surface area (Å²) in [5.74, 6) is 3.31. The van der Waals surface area contributed by atoms with Crippen molar-refractivity contribution in [1.82, 2.24) is 9.97 Å². The van der Waals surface area contributed by atoms with Gasteiger partial charge in [0.2, 0.25) is 0 Å². The van der Waals surface area contributed by atoms with Crippen molar-refractivity contribution in [1.29, 1.82) is 0 Å². The van der Waals surface area contributed by atoms with Crippen molar-refractivity contribution >= 4 is 11.6 Å². The Hall–Kier alpha value is -1.32. The van der Waals surface area contributed by atoms with E-state index in [0.717, 1.165) is 36.0 Å². The van der Waals surface area contributed by atoms with Crippen LogP contribution in [-0.2, 0) is 0 Å². The molecule has 0 radical (unpaired) electrons. The van der Waals surface area contributed by atoms with Crippen molar-refractivity contribution in [3.8, 4) is 0 Å². The molecule has 120 valence electrons. The molecule has 0 spiro atoms. The summed E-state index contributed by atoms with van der Waals surface area (Å²) in [4.78, 5) is 12.0. The Labute approximate surface area is 130 Å². The van der Waals surface area contributed by atoms with Crippen LogP contribution in [-0.4, -0.2) is 29.6 Å². The van der Waals surface area contributed by atoms with Crippen LogP contribution in [0.15, 0.2) is 0 Å². The molecule has 4 nitrogen and oxygen atoms in total. The minimum Gasteiger partial charge on any atom is -0.373 e. The highest BCUT2D eigenvalue weighted by Gasteiger charge is 2.20. The van der Waals surface area contributed by atoms with Crippen LogP contribution in [0.3, 0.4) is 0 Å². The van der Waals surface area contributed by atoms with E-state index in [1.54, 1.807) is 0 Å². The fourth-order valence-corrected chi connectivity index (χ4v) is 2.39. The fourth-order valence-electron chi connectivity index (χ4n) is 2.39. The van der Waals surface area contributed by atoms with E-state index in [4.69, 9.17) is 4.98 Å². The number of anilines is 2. The molecule has 0 fully saturated rings. The average Bonchev–Trinajstić information content (AvgIpc) is 2.48. The third-order valence-electron chi connectivity index (χ3n) is 4.04. The van der Waals surface area contributed by atoms with Gasteiger partial charge in [-0.05, 0) is 26.7 Å². The maximum Gasteiger partial charge on any atom is 0.137 e. The summed E-state index contributed by atoms with van der Waals surface area (Å²) in [5, 5.41) is 3.22. The van der Waals surface area contributed by atoms with E-state index in [-0.39, 0.29) is 0 Å². The van der Waals surface area contributed by atoms with Gasteiger partial charge in [-0.25, -0.2) is 9.97 Å². The number of unbranched alkanes of at least 4 members (excludes halogenated alkanes) is 1. The number of hydrogen-bond donors (Lipinski definition) is 1. The molecule has 0 bridgehead atoms. The van der Waals surface area contributed by atoms with Crippen LogP contribution in [0.5, 0.6) is 0 Å². The van der Waals surface area contributed by atoms with Gasteiger partial charge in [-0.3, -0.25) is 0 Å². The average molecular weight is 292 g/mol. The summed E-state index contributed by atoms with van der Waals surface area (Å²) >= 11 is 0. The first-order valence-electron chi connectivity index (χ1n) is 8.29. The Morgan fingerprint density at radius 3 is 2.29 bits per heavy atom. The van der Waals surface area contributed by atoms with Gasteiger partial charge in [0.25, 0.3) is 0 Å². The number of aromatic nitrogens is 2. The van der Waals surface area contributed by atoms with Crippen molar-refractivity contribution in [3.63, 3.8) is 0 Å². The van der Waals surface area contributed by atoms with Crippen molar-refractivity contribution in [2.24, 2.45) is 0 Å². The normalized spacial score (nSPS) is 12.6. The van der Waals surface area contributed by atoms with Crippen LogP contribution in [0.2, 0.25) is 0 Å². The van der Waals surface area contributed by atoms with E-state index in [2.05, 4.69) is 56.7 Å². The zero-order valence-electron chi connectivity index (χ0n) is 14.8. The van der Waals surface area contributed by atoms with Crippen molar-refractivity contribution < 1.29 is 0 Å². The molecule has 21 heavy (non-hydrogen) atoms. The van der Waals surface area contributed by atoms with Gasteiger partial charge in [0.15, 0.2) is 0 Å². The van der Waals surface area contributed by atoms with Crippen LogP contribution >= 0.6 is 0 Å². The first-order chi connectivity index (χ1) is 9.96. The standard InChI is InChI=1S/C17H32N4/c1-8-10-11-21(13(5)9-2)17-14(6)16(18-7)19-15(20-17)12(3)4/h12-13H,8-11H2,1-7H3,(H,18,19,20). The van der Waals surface area contributed by atoms with Gasteiger partial charge in [0.1, 0.15) is 17.5 Å². The second-order valence-corrected chi connectivity index (χ2v) is 6.09. The molecule has 1 aromatic rings. The Kier molecular flexibility index (Phi) is 6.93. The van der Waals surface area contributed by atoms with E-state index in [1.807, 2.05) is 7.05 Å². The predicted octanol–water partition coefficient (Wildman–Crippen LogP) is 4.36. The number of rotatable bonds is 8. The lowest BCUT2D eigenvalue weighted by Crippen LogP contribution is -2.35. The Balaban J connectivity index is 3.30. The van der Waals surface area contributed by atoms with Gasteiger partial charge in [0.05, 0.1) is 0 Å². The van der Waals surface area contributed by atoms with Crippen molar-refractivity contribution in [3.05, 3.63) is 11.4 Å². The lowest BCUT2D eigenvalue weighted by molar-refractivity contribution is 0.584. The van der Waals surface area contributed by atoms with Crippen LogP contribution in [0.1, 0.15) is 71.2 Å². The van der Waals surface area contributed by atoms with Crippen molar-refractivity contribution in [2.75, 3.05) is 23.8 Å². The van der Waals surface area contributed by atoms with Crippen LogP contribution in [0.25, 0.3) is 0 Å². The molecule has 1 unspecified atom stereocenters. The van der Waals surface area contributed by atoms with Gasteiger partial charge < -0.3 is 10.2 Å². The number of nitrogens with one attached hydrogen (secondary N) is 1. The molecule has 1 atom stereocenters. The van der Waals surface area contributed by atoms with Gasteiger partial charge >= 0.3 is 0 Å². The summed E-state index contributed by atoms with van der Waals surface area (Å²) in [7, 11) is 1.93. The second-order valence-electron chi connectivity index (χ2n) is 6.09. The molecule has 1 N–H and O–H groups in total. The highest BCUT2D eigenvalue weighted by atomic mass is 15.2. The minimum absolute atomic E-state index is 0.335. The molecule has 0 aliphatic heterocycles. The van der Waals surface area contributed by atoms with Gasteiger partial charge in [0, 0.05) is 31.1 Å². The topological polar surface area (TPSA) is 41.1 Å². The lowest BCUT2D eigenvalue weighted by Gasteiger charge is -2.32. The maximum atomic E-state index is 4.88. The van der Waals surface area contributed by atoms with E-state index < -0.39 is 0 Å². The summed E-state index contributed by atoms with van der Waals surface area (Å²) in [5.41, 5.74) is 1.15. The third-order valence-corrected chi connectivity index (χ3v) is 4.04. The fraction of sp³-hybridized carbons (Fsp3) is 0.765. The molecule has 1 rings (SSSR count). The summed E-state index contributed by atoms with van der Waals surface area (Å²) in [6.45, 7) is 14.2. The number of hydrogen-bond acceptors (Lipinski definition) is 4. The SMILES string of the molecule is CCCCN(c1nc(C(C)C)nc(NC)c1C)C(C)CC. The lowest BCUT2D eigenvalue weighted by atomic mass is 10.1. The molecule has 0 amide bonds. The minimum atomic E-state index is 0.335. The van der Waals surface area contributed by atoms with Gasteiger partial charge in [-0.2, -0.15) is 0 Å². The zero-order valence-corrected chi connectivity index (χ0v) is 14.8. The molecule has 0 aromatic carbocycles. The molecule has 1 heterocycles. The van der Waals surface area contributed by atoms with E-state index >= 15 is 0 Å². The van der Waals surface area contributed by atoms with E-state index in [0.29, 0.717) is 12.0 Å². The molecule has 0 aliphatic rings. The molecule has 1 aromatic heterocycles. The number of nitrogens with zero attached hydrogens (tertiary/aromatic N) is 3.